The minimum absolute atomic E-state index is 0.0303. The number of benzene rings is 3. The fraction of sp³-hybridized carbons (Fsp3) is 0.385. The second kappa shape index (κ2) is 16.9. The average molecular weight is 754 g/mol. The Morgan fingerprint density at radius 2 is 1.74 bits per heavy atom. The predicted molar refractivity (Wildman–Crippen MR) is 188 cm³/mol. The Morgan fingerprint density at radius 3 is 2.43 bits per heavy atom. The van der Waals surface area contributed by atoms with Crippen LogP contribution in [0, 0.1) is 17.5 Å². The van der Waals surface area contributed by atoms with Crippen LogP contribution in [0.5, 0.6) is 5.75 Å². The van der Waals surface area contributed by atoms with Crippen molar-refractivity contribution >= 4 is 41.4 Å². The first-order valence-electron chi connectivity index (χ1n) is 17.5. The lowest BCUT2D eigenvalue weighted by atomic mass is 9.82. The van der Waals surface area contributed by atoms with Crippen molar-refractivity contribution in [3.8, 4) is 5.75 Å². The van der Waals surface area contributed by atoms with Crippen LogP contribution < -0.4 is 10.1 Å². The highest BCUT2D eigenvalue weighted by atomic mass is 35.5. The zero-order chi connectivity index (χ0) is 37.6. The summed E-state index contributed by atoms with van der Waals surface area (Å²) in [4.78, 5) is 53.9. The van der Waals surface area contributed by atoms with Gasteiger partial charge in [0, 0.05) is 42.3 Å². The molecule has 3 aromatic rings. The number of ether oxygens (including phenoxy) is 2. The van der Waals surface area contributed by atoms with Gasteiger partial charge in [0.2, 0.25) is 11.7 Å². The summed E-state index contributed by atoms with van der Waals surface area (Å²) in [6.07, 6.45) is 1.11. The normalized spacial score (nSPS) is 18.7. The molecule has 2 N–H and O–H groups in total. The van der Waals surface area contributed by atoms with E-state index in [4.69, 9.17) is 21.1 Å². The second-order valence-corrected chi connectivity index (χ2v) is 14.0. The molecule has 3 aliphatic rings. The predicted octanol–water partition coefficient (Wildman–Crippen LogP) is 5.69. The van der Waals surface area contributed by atoms with E-state index in [0.717, 1.165) is 41.2 Å². The first-order valence-corrected chi connectivity index (χ1v) is 17.9. The van der Waals surface area contributed by atoms with Crippen LogP contribution in [-0.4, -0.2) is 83.1 Å². The number of piperazine rings is 1. The molecule has 2 heterocycles. The maximum absolute atomic E-state index is 14.7. The van der Waals surface area contributed by atoms with E-state index >= 15 is 0 Å². The number of aliphatic carboxylic acids is 1. The van der Waals surface area contributed by atoms with Crippen molar-refractivity contribution in [3.63, 3.8) is 0 Å². The maximum Gasteiger partial charge on any atom is 0.307 e. The summed E-state index contributed by atoms with van der Waals surface area (Å²) in [5.74, 6) is -6.03. The fourth-order valence-electron chi connectivity index (χ4n) is 7.02. The van der Waals surface area contributed by atoms with Crippen molar-refractivity contribution in [2.75, 3.05) is 19.7 Å². The minimum atomic E-state index is -1.37. The van der Waals surface area contributed by atoms with Gasteiger partial charge in [0.15, 0.2) is 17.4 Å². The van der Waals surface area contributed by atoms with Gasteiger partial charge in [-0.2, -0.15) is 4.39 Å². The van der Waals surface area contributed by atoms with Gasteiger partial charge in [-0.1, -0.05) is 54.1 Å². The van der Waals surface area contributed by atoms with Gasteiger partial charge in [-0.15, -0.1) is 0 Å². The molecule has 2 amide bonds. The second-order valence-electron chi connectivity index (χ2n) is 13.5. The van der Waals surface area contributed by atoms with Crippen LogP contribution in [0.25, 0.3) is 5.57 Å². The van der Waals surface area contributed by atoms with Crippen molar-refractivity contribution in [2.45, 2.75) is 75.7 Å². The van der Waals surface area contributed by atoms with Gasteiger partial charge in [-0.25, -0.2) is 8.78 Å². The van der Waals surface area contributed by atoms with E-state index in [1.807, 2.05) is 47.4 Å². The van der Waals surface area contributed by atoms with Crippen LogP contribution in [-0.2, 0) is 36.9 Å². The van der Waals surface area contributed by atoms with Gasteiger partial charge >= 0.3 is 5.97 Å². The monoisotopic (exact) mass is 753 g/mol. The number of carbonyl (C=O) groups excluding carboxylic acids is 3. The van der Waals surface area contributed by atoms with Crippen LogP contribution in [0.1, 0.15) is 55.2 Å². The summed E-state index contributed by atoms with van der Waals surface area (Å²) < 4.78 is 51.6. The Morgan fingerprint density at radius 1 is 1.00 bits per heavy atom. The number of rotatable bonds is 16. The van der Waals surface area contributed by atoms with Gasteiger partial charge in [0.1, 0.15) is 6.10 Å². The van der Waals surface area contributed by atoms with E-state index in [-0.39, 0.29) is 49.9 Å². The summed E-state index contributed by atoms with van der Waals surface area (Å²) in [6.45, 7) is 0.865. The molecule has 3 atom stereocenters. The quantitative estimate of drug-likeness (QED) is 0.109. The number of amides is 2. The number of carboxylic acid groups (broad SMARTS) is 1. The molecule has 2 fully saturated rings. The first kappa shape index (κ1) is 37.9. The molecule has 1 aliphatic carbocycles. The van der Waals surface area contributed by atoms with E-state index in [1.165, 1.54) is 0 Å². The Bertz CT molecular complexity index is 1890. The molecule has 2 aliphatic heterocycles. The number of carboxylic acids is 1. The van der Waals surface area contributed by atoms with Gasteiger partial charge in [0.05, 0.1) is 25.5 Å². The van der Waals surface area contributed by atoms with Crippen molar-refractivity contribution in [1.82, 2.24) is 15.1 Å². The number of aryl methyl sites for hydroxylation is 1. The molecule has 2 bridgehead atoms. The Hall–Kier alpha value is -4.88. The van der Waals surface area contributed by atoms with Gasteiger partial charge < -0.3 is 29.7 Å². The lowest BCUT2D eigenvalue weighted by molar-refractivity contribution is -0.147. The fourth-order valence-corrected chi connectivity index (χ4v) is 7.21. The molecule has 6 rings (SSSR count). The number of carbonyl (C=O) groups is 4. The molecular weight excluding hydrogens is 715 g/mol. The molecule has 1 saturated heterocycles. The zero-order valence-corrected chi connectivity index (χ0v) is 29.5. The number of fused-ring (bicyclic) bond motifs is 2. The molecule has 10 nitrogen and oxygen atoms in total. The number of hydrogen-bond donors (Lipinski definition) is 2. The van der Waals surface area contributed by atoms with Crippen LogP contribution >= 0.6 is 11.6 Å². The van der Waals surface area contributed by atoms with Crippen molar-refractivity contribution in [3.05, 3.63) is 105 Å². The Labute approximate surface area is 309 Å². The van der Waals surface area contributed by atoms with E-state index in [0.29, 0.717) is 49.0 Å². The standard InChI is InChI=1S/C39H39ClF3N3O7/c40-30-6-2-1-5-25(30)19-46(27-11-12-27)39(51)36-29(16-26-20-45(21-33(36)44-26)34(48)17-28(53-22-47)18-35(49)50)24-9-7-23(8-10-24)4-3-15-52-38-32(42)14-13-31(41)37(38)43/h1-2,5-10,13-14,22,26-28,33,44H,3-4,11-12,15-21H2,(H,49,50)/t26-,28+,33-/m1/s1. The molecule has 0 spiro atoms. The lowest BCUT2D eigenvalue weighted by Gasteiger charge is -2.45. The smallest absolute Gasteiger partial charge is 0.307 e. The van der Waals surface area contributed by atoms with E-state index < -0.39 is 47.7 Å². The third-order valence-electron chi connectivity index (χ3n) is 9.75. The molecule has 0 unspecified atom stereocenters. The minimum Gasteiger partial charge on any atom is -0.488 e. The maximum atomic E-state index is 14.7. The molecule has 280 valence electrons. The summed E-state index contributed by atoms with van der Waals surface area (Å²) >= 11 is 6.52. The largest absolute Gasteiger partial charge is 0.488 e. The van der Waals surface area contributed by atoms with E-state index in [2.05, 4.69) is 5.32 Å². The molecule has 14 heteroatoms. The number of nitrogens with one attached hydrogen (secondary N) is 1. The Kier molecular flexibility index (Phi) is 12.0. The van der Waals surface area contributed by atoms with Gasteiger partial charge in [0.25, 0.3) is 12.4 Å². The number of hydrogen-bond acceptors (Lipinski definition) is 7. The first-order chi connectivity index (χ1) is 25.5. The SMILES string of the molecule is O=CO[C@H](CC(=O)O)CC(=O)N1C[C@H]2CC(c3ccc(CCCOc4c(F)ccc(F)c4F)cc3)=C(C(=O)N(Cc3ccccc3Cl)C3CC3)[C@@H](C1)N2. The summed E-state index contributed by atoms with van der Waals surface area (Å²) in [7, 11) is 0. The number of halogens is 4. The van der Waals surface area contributed by atoms with Crippen LogP contribution in [0.15, 0.2) is 66.2 Å². The molecular formula is C39H39ClF3N3O7. The van der Waals surface area contributed by atoms with Crippen LogP contribution in [0.3, 0.4) is 0 Å². The topological polar surface area (TPSA) is 125 Å². The molecule has 1 saturated carbocycles. The number of nitrogens with zero attached hydrogens (tertiary/aromatic N) is 2. The highest BCUT2D eigenvalue weighted by Crippen LogP contribution is 2.38. The molecule has 3 aromatic carbocycles. The highest BCUT2D eigenvalue weighted by Gasteiger charge is 2.43. The van der Waals surface area contributed by atoms with E-state index in [9.17, 15) is 37.5 Å². The molecule has 53 heavy (non-hydrogen) atoms. The third kappa shape index (κ3) is 9.20. The van der Waals surface area contributed by atoms with Crippen LogP contribution in [0.2, 0.25) is 5.02 Å². The lowest BCUT2D eigenvalue weighted by Crippen LogP contribution is -2.62. The third-order valence-corrected chi connectivity index (χ3v) is 10.1. The van der Waals surface area contributed by atoms with Gasteiger partial charge in [-0.05, 0) is 72.6 Å². The van der Waals surface area contributed by atoms with E-state index in [1.54, 1.807) is 11.0 Å². The summed E-state index contributed by atoms with van der Waals surface area (Å²) in [5, 5.41) is 13.3. The zero-order valence-electron chi connectivity index (χ0n) is 28.7. The molecule has 0 radical (unpaired) electrons. The van der Waals surface area contributed by atoms with Crippen LogP contribution in [0.4, 0.5) is 13.2 Å². The van der Waals surface area contributed by atoms with Gasteiger partial charge in [-0.3, -0.25) is 19.2 Å². The molecule has 0 aromatic heterocycles. The van der Waals surface area contributed by atoms with Crippen molar-refractivity contribution < 1.29 is 46.9 Å². The van der Waals surface area contributed by atoms with Crippen molar-refractivity contribution in [2.24, 2.45) is 0 Å². The highest BCUT2D eigenvalue weighted by molar-refractivity contribution is 6.31. The Balaban J connectivity index is 1.24. The summed E-state index contributed by atoms with van der Waals surface area (Å²) in [6, 6.07) is 15.9. The summed E-state index contributed by atoms with van der Waals surface area (Å²) in [5.41, 5.74) is 3.95. The van der Waals surface area contributed by atoms with Crippen molar-refractivity contribution in [1.29, 1.82) is 0 Å². The average Bonchev–Trinajstić information content (AvgIpc) is 3.98.